The molecule has 0 radical (unpaired) electrons. The second-order valence-electron chi connectivity index (χ2n) is 3.52. The summed E-state index contributed by atoms with van der Waals surface area (Å²) in [6.45, 7) is 0. The van der Waals surface area contributed by atoms with E-state index in [2.05, 4.69) is 15.6 Å². The first-order valence-corrected chi connectivity index (χ1v) is 6.30. The molecular formula is C12H13N3O3S. The second-order valence-corrected chi connectivity index (χ2v) is 4.41. The highest BCUT2D eigenvalue weighted by molar-refractivity contribution is 7.13. The molecule has 0 bridgehead atoms. The van der Waals surface area contributed by atoms with E-state index in [-0.39, 0.29) is 6.03 Å². The van der Waals surface area contributed by atoms with Crippen LogP contribution in [0.25, 0.3) is 0 Å². The van der Waals surface area contributed by atoms with Gasteiger partial charge in [-0.2, -0.15) is 0 Å². The van der Waals surface area contributed by atoms with E-state index in [1.54, 1.807) is 44.0 Å². The largest absolute Gasteiger partial charge is 0.497 e. The molecule has 0 saturated heterocycles. The minimum Gasteiger partial charge on any atom is -0.497 e. The number of benzene rings is 1. The zero-order valence-electron chi connectivity index (χ0n) is 10.5. The van der Waals surface area contributed by atoms with Gasteiger partial charge in [-0.15, -0.1) is 11.3 Å². The van der Waals surface area contributed by atoms with Gasteiger partial charge in [0.1, 0.15) is 11.5 Å². The first-order valence-electron chi connectivity index (χ1n) is 5.42. The van der Waals surface area contributed by atoms with Crippen molar-refractivity contribution in [3.63, 3.8) is 0 Å². The van der Waals surface area contributed by atoms with Crippen molar-refractivity contribution in [2.75, 3.05) is 24.9 Å². The summed E-state index contributed by atoms with van der Waals surface area (Å²) in [5, 5.41) is 7.62. The van der Waals surface area contributed by atoms with Crippen molar-refractivity contribution in [2.45, 2.75) is 0 Å². The van der Waals surface area contributed by atoms with Crippen LogP contribution in [0.1, 0.15) is 0 Å². The SMILES string of the molecule is COc1cc(NC(=O)Nc2nccs2)cc(OC)c1. The van der Waals surface area contributed by atoms with Gasteiger partial charge in [0.25, 0.3) is 0 Å². The minimum atomic E-state index is -0.370. The maximum absolute atomic E-state index is 11.7. The van der Waals surface area contributed by atoms with Crippen LogP contribution in [0.3, 0.4) is 0 Å². The number of amides is 2. The van der Waals surface area contributed by atoms with Gasteiger partial charge in [-0.1, -0.05) is 0 Å². The van der Waals surface area contributed by atoms with E-state index >= 15 is 0 Å². The van der Waals surface area contributed by atoms with Gasteiger partial charge < -0.3 is 14.8 Å². The van der Waals surface area contributed by atoms with Crippen LogP contribution in [0.5, 0.6) is 11.5 Å². The third-order valence-corrected chi connectivity index (χ3v) is 2.95. The fourth-order valence-electron chi connectivity index (χ4n) is 1.42. The summed E-state index contributed by atoms with van der Waals surface area (Å²) in [4.78, 5) is 15.7. The summed E-state index contributed by atoms with van der Waals surface area (Å²) < 4.78 is 10.2. The number of anilines is 2. The van der Waals surface area contributed by atoms with Crippen molar-refractivity contribution in [2.24, 2.45) is 0 Å². The number of nitrogens with zero attached hydrogens (tertiary/aromatic N) is 1. The molecular weight excluding hydrogens is 266 g/mol. The number of urea groups is 1. The van der Waals surface area contributed by atoms with E-state index in [0.29, 0.717) is 22.3 Å². The third kappa shape index (κ3) is 3.59. The number of ether oxygens (including phenoxy) is 2. The highest BCUT2D eigenvalue weighted by Crippen LogP contribution is 2.25. The van der Waals surface area contributed by atoms with Crippen LogP contribution >= 0.6 is 11.3 Å². The molecule has 0 spiro atoms. The lowest BCUT2D eigenvalue weighted by Gasteiger charge is -2.09. The Morgan fingerprint density at radius 2 is 1.84 bits per heavy atom. The Morgan fingerprint density at radius 1 is 1.16 bits per heavy atom. The molecule has 0 unspecified atom stereocenters. The summed E-state index contributed by atoms with van der Waals surface area (Å²) in [5.74, 6) is 1.20. The Balaban J connectivity index is 2.07. The molecule has 2 amide bonds. The molecule has 0 saturated carbocycles. The number of methoxy groups -OCH3 is 2. The smallest absolute Gasteiger partial charge is 0.325 e. The van der Waals surface area contributed by atoms with Gasteiger partial charge in [-0.25, -0.2) is 9.78 Å². The Morgan fingerprint density at radius 3 is 2.37 bits per heavy atom. The number of carbonyl (C=O) groups is 1. The summed E-state index contributed by atoms with van der Waals surface area (Å²) >= 11 is 1.34. The van der Waals surface area contributed by atoms with Gasteiger partial charge in [0.2, 0.25) is 0 Å². The van der Waals surface area contributed by atoms with Crippen molar-refractivity contribution < 1.29 is 14.3 Å². The number of hydrogen-bond acceptors (Lipinski definition) is 5. The van der Waals surface area contributed by atoms with Crippen molar-refractivity contribution in [1.29, 1.82) is 0 Å². The second kappa shape index (κ2) is 6.05. The molecule has 0 aliphatic carbocycles. The fourth-order valence-corrected chi connectivity index (χ4v) is 1.95. The molecule has 2 N–H and O–H groups in total. The molecule has 1 heterocycles. The van der Waals surface area contributed by atoms with Crippen LogP contribution in [0.2, 0.25) is 0 Å². The van der Waals surface area contributed by atoms with Crippen LogP contribution in [0.15, 0.2) is 29.8 Å². The maximum Gasteiger partial charge on any atom is 0.325 e. The zero-order chi connectivity index (χ0) is 13.7. The Kier molecular flexibility index (Phi) is 4.19. The van der Waals surface area contributed by atoms with Gasteiger partial charge in [0.15, 0.2) is 5.13 Å². The first-order chi connectivity index (χ1) is 9.21. The summed E-state index contributed by atoms with van der Waals surface area (Å²) in [5.41, 5.74) is 0.574. The Bertz CT molecular complexity index is 535. The normalized spacial score (nSPS) is 9.79. The number of carbonyl (C=O) groups excluding carboxylic acids is 1. The third-order valence-electron chi connectivity index (χ3n) is 2.26. The number of aromatic nitrogens is 1. The molecule has 19 heavy (non-hydrogen) atoms. The predicted molar refractivity (Wildman–Crippen MR) is 74.3 cm³/mol. The van der Waals surface area contributed by atoms with Crippen molar-refractivity contribution >= 4 is 28.2 Å². The van der Waals surface area contributed by atoms with Gasteiger partial charge in [0, 0.05) is 35.5 Å². The van der Waals surface area contributed by atoms with Gasteiger partial charge >= 0.3 is 6.03 Å². The maximum atomic E-state index is 11.7. The van der Waals surface area contributed by atoms with E-state index < -0.39 is 0 Å². The molecule has 100 valence electrons. The quantitative estimate of drug-likeness (QED) is 0.902. The molecule has 0 fully saturated rings. The predicted octanol–water partition coefficient (Wildman–Crippen LogP) is 2.80. The van der Waals surface area contributed by atoms with Crippen LogP contribution in [-0.2, 0) is 0 Å². The van der Waals surface area contributed by atoms with E-state index in [9.17, 15) is 4.79 Å². The summed E-state index contributed by atoms with van der Waals surface area (Å²) in [7, 11) is 3.10. The van der Waals surface area contributed by atoms with E-state index in [1.165, 1.54) is 11.3 Å². The average Bonchev–Trinajstić information content (AvgIpc) is 2.90. The average molecular weight is 279 g/mol. The minimum absolute atomic E-state index is 0.370. The van der Waals surface area contributed by atoms with Gasteiger partial charge in [0.05, 0.1) is 14.2 Å². The molecule has 6 nitrogen and oxygen atoms in total. The van der Waals surface area contributed by atoms with Crippen LogP contribution in [-0.4, -0.2) is 25.2 Å². The summed E-state index contributed by atoms with van der Waals surface area (Å²) in [6.07, 6.45) is 1.62. The molecule has 1 aromatic carbocycles. The highest BCUT2D eigenvalue weighted by atomic mass is 32.1. The Hall–Kier alpha value is -2.28. The van der Waals surface area contributed by atoms with E-state index in [0.717, 1.165) is 0 Å². The lowest BCUT2D eigenvalue weighted by molar-refractivity contribution is 0.262. The van der Waals surface area contributed by atoms with E-state index in [4.69, 9.17) is 9.47 Å². The molecule has 0 aliphatic rings. The molecule has 7 heteroatoms. The lowest BCUT2D eigenvalue weighted by atomic mass is 10.3. The number of hydrogen-bond donors (Lipinski definition) is 2. The number of nitrogens with one attached hydrogen (secondary N) is 2. The van der Waals surface area contributed by atoms with E-state index in [1.807, 2.05) is 0 Å². The fraction of sp³-hybridized carbons (Fsp3) is 0.167. The van der Waals surface area contributed by atoms with Crippen LogP contribution in [0, 0.1) is 0 Å². The Labute approximate surface area is 114 Å². The van der Waals surface area contributed by atoms with Gasteiger partial charge in [-0.05, 0) is 0 Å². The monoisotopic (exact) mass is 279 g/mol. The molecule has 2 rings (SSSR count). The number of thiazole rings is 1. The van der Waals surface area contributed by atoms with Crippen molar-refractivity contribution in [3.05, 3.63) is 29.8 Å². The standard InChI is InChI=1S/C12H13N3O3S/c1-17-9-5-8(6-10(7-9)18-2)14-11(16)15-12-13-3-4-19-12/h3-7H,1-2H3,(H2,13,14,15,16). The van der Waals surface area contributed by atoms with Crippen molar-refractivity contribution in [1.82, 2.24) is 4.98 Å². The topological polar surface area (TPSA) is 72.5 Å². The van der Waals surface area contributed by atoms with Crippen LogP contribution < -0.4 is 20.1 Å². The molecule has 0 atom stereocenters. The van der Waals surface area contributed by atoms with Crippen molar-refractivity contribution in [3.8, 4) is 11.5 Å². The highest BCUT2D eigenvalue weighted by Gasteiger charge is 2.07. The summed E-state index contributed by atoms with van der Waals surface area (Å²) in [6, 6.07) is 4.75. The zero-order valence-corrected chi connectivity index (χ0v) is 11.3. The van der Waals surface area contributed by atoms with Gasteiger partial charge in [-0.3, -0.25) is 5.32 Å². The first kappa shape index (κ1) is 13.2. The molecule has 0 aliphatic heterocycles. The number of rotatable bonds is 4. The van der Waals surface area contributed by atoms with Crippen LogP contribution in [0.4, 0.5) is 15.6 Å². The lowest BCUT2D eigenvalue weighted by Crippen LogP contribution is -2.19. The molecule has 1 aromatic heterocycles. The molecule has 2 aromatic rings.